The minimum absolute atomic E-state index is 0.231. The molecule has 4 rings (SSSR count). The number of phenols is 1. The molecule has 1 aliphatic rings. The maximum Gasteiger partial charge on any atom is 0.203 e. The topological polar surface area (TPSA) is 76.0 Å². The van der Waals surface area contributed by atoms with Gasteiger partial charge < -0.3 is 14.6 Å². The minimum atomic E-state index is 0.231. The molecule has 126 valence electrons. The van der Waals surface area contributed by atoms with E-state index in [9.17, 15) is 5.11 Å². The Morgan fingerprint density at radius 3 is 2.72 bits per heavy atom. The van der Waals surface area contributed by atoms with E-state index in [0.29, 0.717) is 18.3 Å². The third-order valence-corrected chi connectivity index (χ3v) is 4.36. The lowest BCUT2D eigenvalue weighted by Gasteiger charge is -2.18. The monoisotopic (exact) mass is 353 g/mol. The number of anilines is 1. The maximum atomic E-state index is 9.26. The molecule has 0 atom stereocenters. The molecule has 0 bridgehead atoms. The molecule has 2 aromatic carbocycles. The van der Waals surface area contributed by atoms with Gasteiger partial charge in [-0.3, -0.25) is 5.43 Å². The van der Waals surface area contributed by atoms with Gasteiger partial charge in [0, 0.05) is 10.9 Å². The number of aromatic hydroxyl groups is 1. The van der Waals surface area contributed by atoms with Crippen LogP contribution in [0.25, 0.3) is 11.3 Å². The summed E-state index contributed by atoms with van der Waals surface area (Å²) in [5.41, 5.74) is 5.62. The Bertz CT molecular complexity index is 906. The average Bonchev–Trinajstić information content (AvgIpc) is 3.12. The Morgan fingerprint density at radius 1 is 1.08 bits per heavy atom. The molecule has 0 saturated carbocycles. The van der Waals surface area contributed by atoms with Gasteiger partial charge in [-0.05, 0) is 48.0 Å². The molecule has 6 nitrogen and oxygen atoms in total. The number of thiazole rings is 1. The second-order valence-electron chi connectivity index (χ2n) is 5.36. The van der Waals surface area contributed by atoms with Crippen LogP contribution in [0, 0.1) is 0 Å². The van der Waals surface area contributed by atoms with Gasteiger partial charge >= 0.3 is 0 Å². The predicted octanol–water partition coefficient (Wildman–Crippen LogP) is 3.73. The first-order valence-electron chi connectivity index (χ1n) is 7.71. The smallest absolute Gasteiger partial charge is 0.203 e. The Hall–Kier alpha value is -3.06. The summed E-state index contributed by atoms with van der Waals surface area (Å²) in [5.74, 6) is 1.74. The van der Waals surface area contributed by atoms with Crippen LogP contribution in [-0.4, -0.2) is 29.5 Å². The number of ether oxygens (including phenoxy) is 2. The van der Waals surface area contributed by atoms with Crippen LogP contribution >= 0.6 is 11.3 Å². The summed E-state index contributed by atoms with van der Waals surface area (Å²) in [6.07, 6.45) is 1.67. The van der Waals surface area contributed by atoms with Crippen LogP contribution in [0.4, 0.5) is 5.13 Å². The summed E-state index contributed by atoms with van der Waals surface area (Å²) in [4.78, 5) is 4.53. The first-order chi connectivity index (χ1) is 12.3. The molecule has 7 heteroatoms. The van der Waals surface area contributed by atoms with Gasteiger partial charge in [-0.15, -0.1) is 11.3 Å². The molecule has 1 aliphatic heterocycles. The van der Waals surface area contributed by atoms with E-state index in [1.807, 2.05) is 23.6 Å². The molecule has 1 aromatic heterocycles. The minimum Gasteiger partial charge on any atom is -0.508 e. The first-order valence-corrected chi connectivity index (χ1v) is 8.59. The number of phenolic OH excluding ortho intramolecular Hbond substituents is 1. The number of rotatable bonds is 4. The second kappa shape index (κ2) is 6.82. The highest BCUT2D eigenvalue weighted by Crippen LogP contribution is 2.35. The van der Waals surface area contributed by atoms with E-state index in [1.165, 1.54) is 11.3 Å². The van der Waals surface area contributed by atoms with Gasteiger partial charge in [0.05, 0.1) is 11.9 Å². The lowest BCUT2D eigenvalue weighted by atomic mass is 10.1. The highest BCUT2D eigenvalue weighted by molar-refractivity contribution is 7.14. The molecular formula is C18H15N3O3S. The summed E-state index contributed by atoms with van der Waals surface area (Å²) in [7, 11) is 0. The van der Waals surface area contributed by atoms with Crippen LogP contribution in [0.5, 0.6) is 17.2 Å². The fourth-order valence-corrected chi connectivity index (χ4v) is 3.05. The van der Waals surface area contributed by atoms with Gasteiger partial charge in [0.2, 0.25) is 5.13 Å². The van der Waals surface area contributed by atoms with Gasteiger partial charge in [-0.2, -0.15) is 5.10 Å². The van der Waals surface area contributed by atoms with E-state index >= 15 is 0 Å². The average molecular weight is 353 g/mol. The van der Waals surface area contributed by atoms with Crippen molar-refractivity contribution in [2.45, 2.75) is 0 Å². The number of hydrogen-bond acceptors (Lipinski definition) is 7. The zero-order chi connectivity index (χ0) is 17.1. The molecule has 0 fully saturated rings. The molecule has 0 aliphatic carbocycles. The van der Waals surface area contributed by atoms with Crippen molar-refractivity contribution in [3.05, 3.63) is 53.4 Å². The van der Waals surface area contributed by atoms with Crippen molar-refractivity contribution >= 4 is 22.7 Å². The van der Waals surface area contributed by atoms with Gasteiger partial charge in [-0.25, -0.2) is 4.98 Å². The van der Waals surface area contributed by atoms with E-state index in [2.05, 4.69) is 15.5 Å². The zero-order valence-corrected chi connectivity index (χ0v) is 14.0. The third-order valence-electron chi connectivity index (χ3n) is 3.61. The highest BCUT2D eigenvalue weighted by atomic mass is 32.1. The van der Waals surface area contributed by atoms with Crippen LogP contribution < -0.4 is 14.9 Å². The van der Waals surface area contributed by atoms with Gasteiger partial charge in [0.25, 0.3) is 0 Å². The Balaban J connectivity index is 1.46. The number of hydrazone groups is 1. The lowest BCUT2D eigenvalue weighted by Crippen LogP contribution is -2.15. The SMILES string of the molecule is Oc1ccc(/C=N/Nc2nc(-c3ccc4c(c3)OCCO4)cs2)cc1. The summed E-state index contributed by atoms with van der Waals surface area (Å²) < 4.78 is 11.1. The Labute approximate surface area is 148 Å². The quantitative estimate of drug-likeness (QED) is 0.552. The van der Waals surface area contributed by atoms with E-state index in [4.69, 9.17) is 9.47 Å². The van der Waals surface area contributed by atoms with Crippen molar-refractivity contribution in [1.29, 1.82) is 0 Å². The number of nitrogens with zero attached hydrogens (tertiary/aromatic N) is 2. The predicted molar refractivity (Wildman–Crippen MR) is 97.9 cm³/mol. The maximum absolute atomic E-state index is 9.26. The van der Waals surface area contributed by atoms with Crippen LogP contribution in [0.1, 0.15) is 5.56 Å². The molecule has 25 heavy (non-hydrogen) atoms. The van der Waals surface area contributed by atoms with Crippen molar-refractivity contribution in [2.75, 3.05) is 18.6 Å². The fourth-order valence-electron chi connectivity index (χ4n) is 2.38. The van der Waals surface area contributed by atoms with Crippen molar-refractivity contribution in [2.24, 2.45) is 5.10 Å². The molecular weight excluding hydrogens is 338 g/mol. The van der Waals surface area contributed by atoms with Crippen molar-refractivity contribution < 1.29 is 14.6 Å². The van der Waals surface area contributed by atoms with Crippen molar-refractivity contribution in [3.8, 4) is 28.5 Å². The molecule has 0 amide bonds. The van der Waals surface area contributed by atoms with Gasteiger partial charge in [0.15, 0.2) is 11.5 Å². The molecule has 0 unspecified atom stereocenters. The molecule has 0 saturated heterocycles. The molecule has 2 N–H and O–H groups in total. The van der Waals surface area contributed by atoms with E-state index < -0.39 is 0 Å². The summed E-state index contributed by atoms with van der Waals surface area (Å²) >= 11 is 1.47. The summed E-state index contributed by atoms with van der Waals surface area (Å²) in [5, 5.41) is 16.1. The number of hydrogen-bond donors (Lipinski definition) is 2. The van der Waals surface area contributed by atoms with E-state index in [0.717, 1.165) is 28.3 Å². The van der Waals surface area contributed by atoms with E-state index in [1.54, 1.807) is 30.5 Å². The number of fused-ring (bicyclic) bond motifs is 1. The lowest BCUT2D eigenvalue weighted by molar-refractivity contribution is 0.171. The van der Waals surface area contributed by atoms with Crippen molar-refractivity contribution in [3.63, 3.8) is 0 Å². The number of nitrogens with one attached hydrogen (secondary N) is 1. The van der Waals surface area contributed by atoms with Gasteiger partial charge in [-0.1, -0.05) is 0 Å². The molecule has 0 spiro atoms. The fraction of sp³-hybridized carbons (Fsp3) is 0.111. The summed E-state index contributed by atoms with van der Waals surface area (Å²) in [6, 6.07) is 12.6. The number of benzene rings is 2. The van der Waals surface area contributed by atoms with Crippen LogP contribution in [0.3, 0.4) is 0 Å². The van der Waals surface area contributed by atoms with Crippen LogP contribution in [0.15, 0.2) is 52.9 Å². The largest absolute Gasteiger partial charge is 0.508 e. The second-order valence-corrected chi connectivity index (χ2v) is 6.22. The van der Waals surface area contributed by atoms with Crippen LogP contribution in [0.2, 0.25) is 0 Å². The number of aromatic nitrogens is 1. The van der Waals surface area contributed by atoms with Gasteiger partial charge in [0.1, 0.15) is 19.0 Å². The van der Waals surface area contributed by atoms with Crippen molar-refractivity contribution in [1.82, 2.24) is 4.98 Å². The van der Waals surface area contributed by atoms with E-state index in [-0.39, 0.29) is 5.75 Å². The first kappa shape index (κ1) is 15.5. The highest BCUT2D eigenvalue weighted by Gasteiger charge is 2.13. The standard InChI is InChI=1S/C18H15N3O3S/c22-14-4-1-12(2-5-14)10-19-21-18-20-15(11-25-18)13-3-6-16-17(9-13)24-8-7-23-16/h1-6,9-11,22H,7-8H2,(H,20,21)/b19-10+. The third kappa shape index (κ3) is 3.56. The van der Waals surface area contributed by atoms with Crippen LogP contribution in [-0.2, 0) is 0 Å². The zero-order valence-electron chi connectivity index (χ0n) is 13.2. The molecule has 0 radical (unpaired) electrons. The Kier molecular flexibility index (Phi) is 4.22. The normalized spacial score (nSPS) is 13.1. The molecule has 3 aromatic rings. The Morgan fingerprint density at radius 2 is 1.88 bits per heavy atom. The molecule has 2 heterocycles. The summed E-state index contributed by atoms with van der Waals surface area (Å²) in [6.45, 7) is 1.14.